The van der Waals surface area contributed by atoms with Crippen LogP contribution in [0.5, 0.6) is 0 Å². The number of nitrogens with zero attached hydrogens (tertiary/aromatic N) is 1. The second kappa shape index (κ2) is 7.36. The number of piperidine rings is 1. The molecule has 106 valence electrons. The molecule has 1 fully saturated rings. The number of rotatable bonds is 6. The Labute approximate surface area is 115 Å². The zero-order valence-electron chi connectivity index (χ0n) is 11.9. The molecular weight excluding hydrogens is 246 g/mol. The van der Waals surface area contributed by atoms with Crippen LogP contribution < -0.4 is 11.1 Å². The van der Waals surface area contributed by atoms with Crippen LogP contribution in [0.4, 0.5) is 0 Å². The molecule has 5 heteroatoms. The van der Waals surface area contributed by atoms with E-state index in [1.54, 1.807) is 0 Å². The molecule has 0 aromatic rings. The highest BCUT2D eigenvalue weighted by atomic mass is 32.2. The van der Waals surface area contributed by atoms with Crippen molar-refractivity contribution in [3.8, 4) is 0 Å². The van der Waals surface area contributed by atoms with E-state index in [0.29, 0.717) is 12.5 Å². The Morgan fingerprint density at radius 3 is 2.50 bits per heavy atom. The topological polar surface area (TPSA) is 58.4 Å². The summed E-state index contributed by atoms with van der Waals surface area (Å²) in [4.78, 5) is 14.0. The SMILES string of the molecule is CSC1(CN)CCN(CC(=O)NCC(C)C)CC1. The lowest BCUT2D eigenvalue weighted by molar-refractivity contribution is -0.122. The van der Waals surface area contributed by atoms with Gasteiger partial charge in [-0.25, -0.2) is 0 Å². The van der Waals surface area contributed by atoms with Crippen LogP contribution in [0, 0.1) is 5.92 Å². The molecule has 0 unspecified atom stereocenters. The van der Waals surface area contributed by atoms with Gasteiger partial charge in [0.05, 0.1) is 6.54 Å². The quantitative estimate of drug-likeness (QED) is 0.755. The summed E-state index contributed by atoms with van der Waals surface area (Å²) in [5.41, 5.74) is 5.86. The highest BCUT2D eigenvalue weighted by Crippen LogP contribution is 2.33. The Kier molecular flexibility index (Phi) is 6.46. The highest BCUT2D eigenvalue weighted by Gasteiger charge is 2.32. The van der Waals surface area contributed by atoms with Gasteiger partial charge in [0.15, 0.2) is 0 Å². The van der Waals surface area contributed by atoms with Crippen LogP contribution in [0.15, 0.2) is 0 Å². The summed E-state index contributed by atoms with van der Waals surface area (Å²) in [5.74, 6) is 0.657. The summed E-state index contributed by atoms with van der Waals surface area (Å²) in [6.07, 6.45) is 4.31. The van der Waals surface area contributed by atoms with Crippen molar-refractivity contribution in [3.63, 3.8) is 0 Å². The maximum atomic E-state index is 11.7. The van der Waals surface area contributed by atoms with Gasteiger partial charge in [-0.1, -0.05) is 13.8 Å². The smallest absolute Gasteiger partial charge is 0.234 e. The van der Waals surface area contributed by atoms with Gasteiger partial charge in [-0.2, -0.15) is 11.8 Å². The van der Waals surface area contributed by atoms with Gasteiger partial charge in [0.1, 0.15) is 0 Å². The zero-order chi connectivity index (χ0) is 13.6. The van der Waals surface area contributed by atoms with Gasteiger partial charge in [-0.05, 0) is 25.0 Å². The number of hydrogen-bond acceptors (Lipinski definition) is 4. The molecule has 1 rings (SSSR count). The maximum Gasteiger partial charge on any atom is 0.234 e. The van der Waals surface area contributed by atoms with Crippen molar-refractivity contribution in [3.05, 3.63) is 0 Å². The van der Waals surface area contributed by atoms with Crippen molar-refractivity contribution in [2.75, 3.05) is 39.0 Å². The van der Waals surface area contributed by atoms with E-state index in [1.807, 2.05) is 11.8 Å². The molecule has 1 amide bonds. The van der Waals surface area contributed by atoms with Gasteiger partial charge in [-0.3, -0.25) is 9.69 Å². The van der Waals surface area contributed by atoms with Crippen molar-refractivity contribution < 1.29 is 4.79 Å². The molecule has 1 aliphatic rings. The molecule has 0 bridgehead atoms. The third kappa shape index (κ3) is 4.78. The fourth-order valence-electron chi connectivity index (χ4n) is 2.19. The Morgan fingerprint density at radius 1 is 1.44 bits per heavy atom. The van der Waals surface area contributed by atoms with E-state index in [0.717, 1.165) is 39.0 Å². The first kappa shape index (κ1) is 15.8. The fraction of sp³-hybridized carbons (Fsp3) is 0.923. The van der Waals surface area contributed by atoms with Crippen LogP contribution in [-0.4, -0.2) is 54.5 Å². The predicted octanol–water partition coefficient (Wildman–Crippen LogP) is 0.915. The van der Waals surface area contributed by atoms with Gasteiger partial charge < -0.3 is 11.1 Å². The van der Waals surface area contributed by atoms with Gasteiger partial charge >= 0.3 is 0 Å². The van der Waals surface area contributed by atoms with E-state index in [-0.39, 0.29) is 10.7 Å². The second-order valence-corrected chi connectivity index (χ2v) is 6.84. The molecule has 0 aromatic heterocycles. The van der Waals surface area contributed by atoms with E-state index in [4.69, 9.17) is 5.73 Å². The number of nitrogens with two attached hydrogens (primary N) is 1. The standard InChI is InChI=1S/C13H27N3OS/c1-11(2)8-15-12(17)9-16-6-4-13(10-14,18-3)5-7-16/h11H,4-10,14H2,1-3H3,(H,15,17). The van der Waals surface area contributed by atoms with Crippen LogP contribution in [0.3, 0.4) is 0 Å². The molecule has 0 radical (unpaired) electrons. The number of likely N-dealkylation sites (tertiary alicyclic amines) is 1. The minimum absolute atomic E-state index is 0.146. The van der Waals surface area contributed by atoms with Crippen LogP contribution in [0.1, 0.15) is 26.7 Å². The van der Waals surface area contributed by atoms with Crippen LogP contribution >= 0.6 is 11.8 Å². The Morgan fingerprint density at radius 2 is 2.06 bits per heavy atom. The third-order valence-electron chi connectivity index (χ3n) is 3.65. The minimum atomic E-state index is 0.146. The third-order valence-corrected chi connectivity index (χ3v) is 5.09. The number of nitrogens with one attached hydrogen (secondary N) is 1. The average molecular weight is 273 g/mol. The highest BCUT2D eigenvalue weighted by molar-refractivity contribution is 8.00. The van der Waals surface area contributed by atoms with E-state index < -0.39 is 0 Å². The number of thioether (sulfide) groups is 1. The van der Waals surface area contributed by atoms with Crippen molar-refractivity contribution in [1.29, 1.82) is 0 Å². The first-order valence-electron chi connectivity index (χ1n) is 6.75. The summed E-state index contributed by atoms with van der Waals surface area (Å²) < 4.78 is 0.241. The lowest BCUT2D eigenvalue weighted by Gasteiger charge is -2.39. The minimum Gasteiger partial charge on any atom is -0.355 e. The van der Waals surface area contributed by atoms with Crippen LogP contribution in [0.25, 0.3) is 0 Å². The van der Waals surface area contributed by atoms with Crippen molar-refractivity contribution in [2.45, 2.75) is 31.4 Å². The normalized spacial score (nSPS) is 20.1. The molecule has 0 aliphatic carbocycles. The molecule has 1 saturated heterocycles. The molecule has 1 aliphatic heterocycles. The van der Waals surface area contributed by atoms with Gasteiger partial charge in [0.25, 0.3) is 0 Å². The number of hydrogen-bond donors (Lipinski definition) is 2. The number of amides is 1. The van der Waals surface area contributed by atoms with E-state index in [2.05, 4.69) is 30.3 Å². The van der Waals surface area contributed by atoms with Crippen molar-refractivity contribution >= 4 is 17.7 Å². The molecule has 18 heavy (non-hydrogen) atoms. The first-order valence-corrected chi connectivity index (χ1v) is 7.98. The first-order chi connectivity index (χ1) is 8.51. The van der Waals surface area contributed by atoms with Crippen molar-refractivity contribution in [2.24, 2.45) is 11.7 Å². The van der Waals surface area contributed by atoms with E-state index in [9.17, 15) is 4.79 Å². The number of carbonyl (C=O) groups is 1. The summed E-state index contributed by atoms with van der Waals surface area (Å²) in [7, 11) is 0. The monoisotopic (exact) mass is 273 g/mol. The summed E-state index contributed by atoms with van der Waals surface area (Å²) in [6.45, 7) is 8.21. The lowest BCUT2D eigenvalue weighted by atomic mass is 9.96. The fourth-order valence-corrected chi connectivity index (χ4v) is 2.94. The van der Waals surface area contributed by atoms with Gasteiger partial charge in [0.2, 0.25) is 5.91 Å². The van der Waals surface area contributed by atoms with Crippen LogP contribution in [0.2, 0.25) is 0 Å². The summed E-state index contributed by atoms with van der Waals surface area (Å²) >= 11 is 1.88. The molecule has 0 spiro atoms. The average Bonchev–Trinajstić information content (AvgIpc) is 2.38. The lowest BCUT2D eigenvalue weighted by Crippen LogP contribution is -2.49. The molecule has 4 nitrogen and oxygen atoms in total. The van der Waals surface area contributed by atoms with Gasteiger partial charge in [0, 0.05) is 30.9 Å². The van der Waals surface area contributed by atoms with E-state index >= 15 is 0 Å². The van der Waals surface area contributed by atoms with E-state index in [1.165, 1.54) is 0 Å². The largest absolute Gasteiger partial charge is 0.355 e. The summed E-state index contributed by atoms with van der Waals surface area (Å²) in [6, 6.07) is 0. The zero-order valence-corrected chi connectivity index (χ0v) is 12.7. The molecule has 1 heterocycles. The Bertz CT molecular complexity index is 257. The molecule has 0 saturated carbocycles. The van der Waals surface area contributed by atoms with Crippen molar-refractivity contribution in [1.82, 2.24) is 10.2 Å². The molecule has 0 atom stereocenters. The Hall–Kier alpha value is -0.260. The maximum absolute atomic E-state index is 11.7. The second-order valence-electron chi connectivity index (χ2n) is 5.57. The molecule has 0 aromatic carbocycles. The van der Waals surface area contributed by atoms with Crippen LogP contribution in [-0.2, 0) is 4.79 Å². The predicted molar refractivity (Wildman–Crippen MR) is 78.8 cm³/mol. The van der Waals surface area contributed by atoms with Gasteiger partial charge in [-0.15, -0.1) is 0 Å². The number of carbonyl (C=O) groups excluding carboxylic acids is 1. The molecule has 3 N–H and O–H groups in total. The molecular formula is C13H27N3OS. The Balaban J connectivity index is 2.29. The summed E-state index contributed by atoms with van der Waals surface area (Å²) in [5, 5.41) is 2.97.